The first-order chi connectivity index (χ1) is 13.6. The summed E-state index contributed by atoms with van der Waals surface area (Å²) >= 11 is 1.74. The zero-order valence-corrected chi connectivity index (χ0v) is 17.0. The quantitative estimate of drug-likeness (QED) is 0.662. The number of amidine groups is 1. The number of allylic oxidation sites excluding steroid dienone is 2. The molecule has 2 aliphatic heterocycles. The Morgan fingerprint density at radius 3 is 2.71 bits per heavy atom. The van der Waals surface area contributed by atoms with Gasteiger partial charge in [0.2, 0.25) is 0 Å². The maximum absolute atomic E-state index is 14.6. The Labute approximate surface area is 169 Å². The van der Waals surface area contributed by atoms with E-state index < -0.39 is 17.7 Å². The molecular formula is C21H27FN2O3S. The van der Waals surface area contributed by atoms with Crippen molar-refractivity contribution in [3.05, 3.63) is 23.7 Å². The van der Waals surface area contributed by atoms with Crippen LogP contribution in [0.25, 0.3) is 0 Å². The number of thioether (sulfide) groups is 1. The highest BCUT2D eigenvalue weighted by atomic mass is 32.2. The van der Waals surface area contributed by atoms with Crippen LogP contribution in [-0.2, 0) is 14.3 Å². The summed E-state index contributed by atoms with van der Waals surface area (Å²) in [4.78, 5) is 20.9. The number of rotatable bonds is 6. The molecule has 0 N–H and O–H groups in total. The van der Waals surface area contributed by atoms with Crippen molar-refractivity contribution in [1.29, 1.82) is 0 Å². The maximum atomic E-state index is 14.6. The molecule has 2 aliphatic carbocycles. The molecule has 2 atom stereocenters. The van der Waals surface area contributed by atoms with Crippen molar-refractivity contribution in [2.24, 2.45) is 21.8 Å². The van der Waals surface area contributed by atoms with Crippen molar-refractivity contribution >= 4 is 29.2 Å². The van der Waals surface area contributed by atoms with E-state index in [2.05, 4.69) is 9.98 Å². The van der Waals surface area contributed by atoms with E-state index in [1.165, 1.54) is 18.9 Å². The van der Waals surface area contributed by atoms with Crippen LogP contribution in [0.5, 0.6) is 0 Å². The number of aliphatic imine (C=N–C) groups is 2. The summed E-state index contributed by atoms with van der Waals surface area (Å²) in [5, 5.41) is 0.495. The fourth-order valence-electron chi connectivity index (χ4n) is 4.24. The fraction of sp³-hybridized carbons (Fsp3) is 0.667. The van der Waals surface area contributed by atoms with Crippen molar-refractivity contribution in [3.8, 4) is 0 Å². The van der Waals surface area contributed by atoms with E-state index in [9.17, 15) is 9.18 Å². The number of carbonyl (C=O) groups is 1. The average molecular weight is 407 g/mol. The number of amides is 1. The van der Waals surface area contributed by atoms with Crippen LogP contribution in [0.1, 0.15) is 45.4 Å². The molecule has 1 saturated carbocycles. The molecule has 2 heterocycles. The highest BCUT2D eigenvalue weighted by molar-refractivity contribution is 8.00. The van der Waals surface area contributed by atoms with E-state index in [0.29, 0.717) is 34.2 Å². The Kier molecular flexibility index (Phi) is 6.31. The van der Waals surface area contributed by atoms with Crippen molar-refractivity contribution in [2.45, 2.75) is 56.8 Å². The van der Waals surface area contributed by atoms with Crippen LogP contribution in [0, 0.1) is 11.8 Å². The molecular weight excluding hydrogens is 379 g/mol. The lowest BCUT2D eigenvalue weighted by molar-refractivity contribution is -0.119. The summed E-state index contributed by atoms with van der Waals surface area (Å²) < 4.78 is 26.0. The molecule has 152 valence electrons. The average Bonchev–Trinajstić information content (AvgIpc) is 3.21. The molecule has 1 amide bonds. The minimum absolute atomic E-state index is 0.0338. The maximum Gasteiger partial charge on any atom is 0.263 e. The molecule has 0 radical (unpaired) electrons. The van der Waals surface area contributed by atoms with E-state index in [-0.39, 0.29) is 6.10 Å². The molecule has 4 rings (SSSR count). The fourth-order valence-corrected chi connectivity index (χ4v) is 5.28. The number of halogens is 1. The number of fused-ring (bicyclic) bond motifs is 1. The second-order valence-electron chi connectivity index (χ2n) is 7.90. The van der Waals surface area contributed by atoms with Crippen LogP contribution in [0.4, 0.5) is 4.39 Å². The highest BCUT2D eigenvalue weighted by Crippen LogP contribution is 2.33. The third-order valence-corrected chi connectivity index (χ3v) is 7.26. The lowest BCUT2D eigenvalue weighted by atomic mass is 9.94. The summed E-state index contributed by atoms with van der Waals surface area (Å²) in [6, 6.07) is 0. The summed E-state index contributed by atoms with van der Waals surface area (Å²) in [6.45, 7) is 3.59. The van der Waals surface area contributed by atoms with Crippen molar-refractivity contribution in [2.75, 3.05) is 19.0 Å². The molecule has 7 heteroatoms. The number of nitrogens with zero attached hydrogens (tertiary/aromatic N) is 2. The Hall–Kier alpha value is -1.47. The lowest BCUT2D eigenvalue weighted by Gasteiger charge is -2.26. The van der Waals surface area contributed by atoms with Gasteiger partial charge in [-0.3, -0.25) is 4.79 Å². The van der Waals surface area contributed by atoms with Crippen LogP contribution in [0.3, 0.4) is 0 Å². The van der Waals surface area contributed by atoms with Gasteiger partial charge in [0.1, 0.15) is 23.3 Å². The third kappa shape index (κ3) is 4.57. The summed E-state index contributed by atoms with van der Waals surface area (Å²) in [5.41, 5.74) is 0.413. The van der Waals surface area contributed by atoms with Crippen molar-refractivity contribution < 1.29 is 18.7 Å². The largest absolute Gasteiger partial charge is 0.490 e. The van der Waals surface area contributed by atoms with Gasteiger partial charge >= 0.3 is 0 Å². The van der Waals surface area contributed by atoms with Crippen LogP contribution in [-0.4, -0.2) is 47.8 Å². The predicted molar refractivity (Wildman–Crippen MR) is 109 cm³/mol. The number of carbonyl (C=O) groups excluding carboxylic acids is 1. The van der Waals surface area contributed by atoms with Crippen molar-refractivity contribution in [1.82, 2.24) is 0 Å². The van der Waals surface area contributed by atoms with Gasteiger partial charge in [-0.05, 0) is 38.5 Å². The van der Waals surface area contributed by atoms with Gasteiger partial charge in [-0.2, -0.15) is 16.8 Å². The summed E-state index contributed by atoms with van der Waals surface area (Å²) in [5.74, 6) is -0.00962. The molecule has 0 aromatic carbocycles. The second kappa shape index (κ2) is 8.91. The topological polar surface area (TPSA) is 60.2 Å². The zero-order chi connectivity index (χ0) is 19.5. The number of hydrogen-bond acceptors (Lipinski definition) is 5. The van der Waals surface area contributed by atoms with Gasteiger partial charge < -0.3 is 9.47 Å². The molecule has 0 bridgehead atoms. The first-order valence-electron chi connectivity index (χ1n) is 10.2. The highest BCUT2D eigenvalue weighted by Gasteiger charge is 2.35. The van der Waals surface area contributed by atoms with Gasteiger partial charge in [-0.15, -0.1) is 0 Å². The molecule has 0 spiro atoms. The van der Waals surface area contributed by atoms with Crippen LogP contribution in [0.15, 0.2) is 33.7 Å². The van der Waals surface area contributed by atoms with Crippen LogP contribution in [0.2, 0.25) is 0 Å². The normalized spacial score (nSPS) is 27.5. The molecule has 4 aliphatic rings. The molecule has 5 nitrogen and oxygen atoms in total. The first-order valence-corrected chi connectivity index (χ1v) is 11.3. The van der Waals surface area contributed by atoms with E-state index in [0.717, 1.165) is 38.9 Å². The lowest BCUT2D eigenvalue weighted by Crippen LogP contribution is -2.32. The van der Waals surface area contributed by atoms with Crippen molar-refractivity contribution in [3.63, 3.8) is 0 Å². The molecule has 28 heavy (non-hydrogen) atoms. The van der Waals surface area contributed by atoms with E-state index in [1.54, 1.807) is 17.8 Å². The zero-order valence-electron chi connectivity index (χ0n) is 16.2. The summed E-state index contributed by atoms with van der Waals surface area (Å²) in [7, 11) is 0. The van der Waals surface area contributed by atoms with Gasteiger partial charge in [0, 0.05) is 30.6 Å². The number of hydrogen-bond donors (Lipinski definition) is 0. The van der Waals surface area contributed by atoms with Gasteiger partial charge in [-0.1, -0.05) is 12.8 Å². The molecule has 2 fully saturated rings. The van der Waals surface area contributed by atoms with E-state index >= 15 is 0 Å². The molecule has 2 unspecified atom stereocenters. The Bertz CT molecular complexity index is 734. The Balaban J connectivity index is 1.43. The summed E-state index contributed by atoms with van der Waals surface area (Å²) in [6.07, 6.45) is 9.84. The SMILES string of the molecule is CC(OC1=CC2=NC(CSC3CCOCC3)=NC(=O)C2C(F)=C1)C1CCCC1. The minimum Gasteiger partial charge on any atom is -0.490 e. The number of ether oxygens (including phenoxy) is 2. The Morgan fingerprint density at radius 2 is 1.96 bits per heavy atom. The minimum atomic E-state index is -1.01. The van der Waals surface area contributed by atoms with Gasteiger partial charge in [0.05, 0.1) is 17.6 Å². The smallest absolute Gasteiger partial charge is 0.263 e. The Morgan fingerprint density at radius 1 is 1.21 bits per heavy atom. The van der Waals surface area contributed by atoms with Gasteiger partial charge in [0.25, 0.3) is 5.91 Å². The molecule has 0 aromatic heterocycles. The van der Waals surface area contributed by atoms with Crippen LogP contribution >= 0.6 is 11.8 Å². The second-order valence-corrected chi connectivity index (χ2v) is 9.19. The van der Waals surface area contributed by atoms with E-state index in [4.69, 9.17) is 9.47 Å². The van der Waals surface area contributed by atoms with Gasteiger partial charge in [-0.25, -0.2) is 9.38 Å². The molecule has 0 aromatic rings. The predicted octanol–water partition coefficient (Wildman–Crippen LogP) is 4.24. The molecule has 1 saturated heterocycles. The first kappa shape index (κ1) is 19.8. The van der Waals surface area contributed by atoms with Crippen LogP contribution < -0.4 is 0 Å². The van der Waals surface area contributed by atoms with Gasteiger partial charge in [0.15, 0.2) is 0 Å². The monoisotopic (exact) mass is 406 g/mol. The van der Waals surface area contributed by atoms with E-state index in [1.807, 2.05) is 6.92 Å². The standard InChI is InChI=1S/C21H27FN2O3S/c1-13(14-4-2-3-5-14)27-15-10-17(22)20-18(11-15)23-19(24-21(20)25)12-28-16-6-8-26-9-7-16/h10-11,13-14,16,20H,2-9,12H2,1H3. The third-order valence-electron chi connectivity index (χ3n) is 5.89.